The van der Waals surface area contributed by atoms with Gasteiger partial charge in [-0.05, 0) is 39.0 Å². The van der Waals surface area contributed by atoms with E-state index >= 15 is 0 Å². The van der Waals surface area contributed by atoms with Crippen LogP contribution in [0.25, 0.3) is 0 Å². The molecule has 1 saturated carbocycles. The SMILES string of the molecule is COc1cc2nc(c1)C1CCC(CC1)OC[C@H]1C(NS(C)(=O)=O)CC(C)N1C(=O)OCCCO2. The minimum Gasteiger partial charge on any atom is -0.496 e. The van der Waals surface area contributed by atoms with Gasteiger partial charge in [0.2, 0.25) is 15.9 Å². The fourth-order valence-corrected chi connectivity index (χ4v) is 6.01. The maximum Gasteiger partial charge on any atom is 0.410 e. The Bertz CT molecular complexity index is 965. The minimum absolute atomic E-state index is 0.0425. The predicted octanol–water partition coefficient (Wildman–Crippen LogP) is 2.43. The molecular formula is C23H35N3O7S. The van der Waals surface area contributed by atoms with E-state index in [9.17, 15) is 13.2 Å². The molecule has 1 aromatic heterocycles. The molecule has 4 bridgehead atoms. The second-order valence-electron chi connectivity index (χ2n) is 9.45. The maximum atomic E-state index is 13.0. The molecule has 1 saturated heterocycles. The van der Waals surface area contributed by atoms with Gasteiger partial charge in [0.05, 0.1) is 51.0 Å². The number of hydrogen-bond donors (Lipinski definition) is 1. The summed E-state index contributed by atoms with van der Waals surface area (Å²) in [5.74, 6) is 1.51. The molecule has 2 unspecified atom stereocenters. The molecular weight excluding hydrogens is 462 g/mol. The van der Waals surface area contributed by atoms with Gasteiger partial charge in [0.1, 0.15) is 5.75 Å². The first-order valence-corrected chi connectivity index (χ1v) is 13.9. The van der Waals surface area contributed by atoms with E-state index < -0.39 is 28.2 Å². The minimum atomic E-state index is -3.43. The fourth-order valence-electron chi connectivity index (χ4n) is 5.20. The van der Waals surface area contributed by atoms with Crippen LogP contribution < -0.4 is 14.2 Å². The first-order chi connectivity index (χ1) is 16.2. The van der Waals surface area contributed by atoms with Crippen molar-refractivity contribution in [2.24, 2.45) is 0 Å². The van der Waals surface area contributed by atoms with Crippen molar-refractivity contribution in [1.29, 1.82) is 0 Å². The highest BCUT2D eigenvalue weighted by molar-refractivity contribution is 7.88. The first-order valence-electron chi connectivity index (χ1n) is 12.0. The Balaban J connectivity index is 1.53. The van der Waals surface area contributed by atoms with Gasteiger partial charge in [-0.2, -0.15) is 0 Å². The zero-order valence-corrected chi connectivity index (χ0v) is 20.9. The quantitative estimate of drug-likeness (QED) is 0.677. The summed E-state index contributed by atoms with van der Waals surface area (Å²) in [4.78, 5) is 19.3. The van der Waals surface area contributed by atoms with Crippen molar-refractivity contribution in [2.75, 3.05) is 33.2 Å². The summed E-state index contributed by atoms with van der Waals surface area (Å²) in [6.45, 7) is 2.69. The monoisotopic (exact) mass is 497 g/mol. The summed E-state index contributed by atoms with van der Waals surface area (Å²) in [5.41, 5.74) is 0.955. The highest BCUT2D eigenvalue weighted by atomic mass is 32.2. The number of nitrogens with one attached hydrogen (secondary N) is 1. The Hall–Kier alpha value is -2.11. The second kappa shape index (κ2) is 10.7. The van der Waals surface area contributed by atoms with Gasteiger partial charge >= 0.3 is 6.09 Å². The molecule has 4 heterocycles. The predicted molar refractivity (Wildman–Crippen MR) is 125 cm³/mol. The fraction of sp³-hybridized carbons (Fsp3) is 0.739. The first kappa shape index (κ1) is 25.0. The molecule has 34 heavy (non-hydrogen) atoms. The van der Waals surface area contributed by atoms with E-state index in [-0.39, 0.29) is 25.4 Å². The van der Waals surface area contributed by atoms with Gasteiger partial charge < -0.3 is 18.9 Å². The second-order valence-corrected chi connectivity index (χ2v) is 11.2. The van der Waals surface area contributed by atoms with Crippen molar-refractivity contribution in [1.82, 2.24) is 14.6 Å². The number of aromatic nitrogens is 1. The molecule has 0 aromatic carbocycles. The van der Waals surface area contributed by atoms with Gasteiger partial charge in [0.25, 0.3) is 0 Å². The van der Waals surface area contributed by atoms with Crippen molar-refractivity contribution < 1.29 is 32.2 Å². The number of amides is 1. The number of carbonyl (C=O) groups is 1. The summed E-state index contributed by atoms with van der Waals surface area (Å²) in [5, 5.41) is 0. The lowest BCUT2D eigenvalue weighted by Gasteiger charge is -2.33. The van der Waals surface area contributed by atoms with Gasteiger partial charge in [0, 0.05) is 36.6 Å². The molecule has 2 fully saturated rings. The molecule has 11 heteroatoms. The molecule has 1 aliphatic carbocycles. The highest BCUT2D eigenvalue weighted by Gasteiger charge is 2.44. The Morgan fingerprint density at radius 2 is 1.88 bits per heavy atom. The topological polar surface area (TPSA) is 116 Å². The molecule has 5 rings (SSSR count). The Morgan fingerprint density at radius 3 is 2.59 bits per heavy atom. The number of fused-ring (bicyclic) bond motifs is 8. The number of methoxy groups -OCH3 is 1. The largest absolute Gasteiger partial charge is 0.496 e. The lowest BCUT2D eigenvalue weighted by atomic mass is 9.85. The van der Waals surface area contributed by atoms with Crippen molar-refractivity contribution >= 4 is 16.1 Å². The van der Waals surface area contributed by atoms with Crippen LogP contribution in [0.15, 0.2) is 12.1 Å². The third-order valence-corrected chi connectivity index (χ3v) is 7.59. The summed E-state index contributed by atoms with van der Waals surface area (Å²) >= 11 is 0. The van der Waals surface area contributed by atoms with Crippen LogP contribution in [0, 0.1) is 0 Å². The zero-order valence-electron chi connectivity index (χ0n) is 20.1. The van der Waals surface area contributed by atoms with Crippen molar-refractivity contribution in [2.45, 2.75) is 75.6 Å². The molecule has 1 aromatic rings. The van der Waals surface area contributed by atoms with Gasteiger partial charge in [-0.15, -0.1) is 0 Å². The molecule has 3 aliphatic heterocycles. The van der Waals surface area contributed by atoms with Gasteiger partial charge in [0.15, 0.2) is 0 Å². The summed E-state index contributed by atoms with van der Waals surface area (Å²) < 4.78 is 49.6. The van der Waals surface area contributed by atoms with Crippen LogP contribution in [0.4, 0.5) is 4.79 Å². The van der Waals surface area contributed by atoms with Gasteiger partial charge in [-0.25, -0.2) is 22.9 Å². The molecule has 1 amide bonds. The highest BCUT2D eigenvalue weighted by Crippen LogP contribution is 2.36. The van der Waals surface area contributed by atoms with Crippen LogP contribution >= 0.6 is 0 Å². The maximum absolute atomic E-state index is 13.0. The molecule has 0 spiro atoms. The molecule has 0 radical (unpaired) electrons. The molecule has 4 aliphatic rings. The van der Waals surface area contributed by atoms with Crippen LogP contribution in [-0.4, -0.2) is 81.8 Å². The normalized spacial score (nSPS) is 30.7. The van der Waals surface area contributed by atoms with Crippen molar-refractivity contribution in [3.63, 3.8) is 0 Å². The van der Waals surface area contributed by atoms with Crippen LogP contribution in [-0.2, 0) is 19.5 Å². The lowest BCUT2D eigenvalue weighted by molar-refractivity contribution is -0.0107. The molecule has 10 nitrogen and oxygen atoms in total. The number of nitrogens with zero attached hydrogens (tertiary/aromatic N) is 2. The number of rotatable bonds is 3. The zero-order chi connectivity index (χ0) is 24.3. The summed E-state index contributed by atoms with van der Waals surface area (Å²) in [6.07, 6.45) is 5.28. The Labute approximate surface area is 201 Å². The van der Waals surface area contributed by atoms with Crippen LogP contribution in [0.5, 0.6) is 11.6 Å². The summed E-state index contributed by atoms with van der Waals surface area (Å²) in [6, 6.07) is 2.71. The van der Waals surface area contributed by atoms with E-state index in [0.717, 1.165) is 37.6 Å². The third kappa shape index (κ3) is 6.11. The number of carbonyl (C=O) groups excluding carboxylic acids is 1. The van der Waals surface area contributed by atoms with Crippen molar-refractivity contribution in [3.8, 4) is 11.6 Å². The third-order valence-electron chi connectivity index (χ3n) is 6.86. The van der Waals surface area contributed by atoms with E-state index in [2.05, 4.69) is 4.72 Å². The van der Waals surface area contributed by atoms with E-state index in [1.165, 1.54) is 0 Å². The number of ether oxygens (including phenoxy) is 4. The van der Waals surface area contributed by atoms with Crippen molar-refractivity contribution in [3.05, 3.63) is 17.8 Å². The molecule has 1 N–H and O–H groups in total. The average molecular weight is 498 g/mol. The standard InChI is InChI=1S/C23H35N3O7S/c1-15-11-20(25-34(3,28)29)21-14-33-17-7-5-16(6-8-17)19-12-18(30-2)13-22(24-19)31-9-4-10-32-23(27)26(15)21/h12-13,15-17,20-21,25H,4-11,14H2,1-3H3/t15?,16?,17?,20?,21-/m0/s1. The van der Waals surface area contributed by atoms with E-state index in [1.807, 2.05) is 13.0 Å². The molecule has 190 valence electrons. The number of pyridine rings is 1. The average Bonchev–Trinajstić information content (AvgIpc) is 3.09. The smallest absolute Gasteiger partial charge is 0.410 e. The van der Waals surface area contributed by atoms with Crippen LogP contribution in [0.1, 0.15) is 57.1 Å². The van der Waals surface area contributed by atoms with E-state index in [1.54, 1.807) is 18.1 Å². The van der Waals surface area contributed by atoms with E-state index in [0.29, 0.717) is 37.0 Å². The van der Waals surface area contributed by atoms with E-state index in [4.69, 9.17) is 23.9 Å². The number of sulfonamides is 1. The summed E-state index contributed by atoms with van der Waals surface area (Å²) in [7, 11) is -1.81. The number of hydrogen-bond acceptors (Lipinski definition) is 8. The molecule has 3 atom stereocenters. The van der Waals surface area contributed by atoms with Gasteiger partial charge in [-0.1, -0.05) is 0 Å². The van der Waals surface area contributed by atoms with Crippen LogP contribution in [0.2, 0.25) is 0 Å². The van der Waals surface area contributed by atoms with Gasteiger partial charge in [-0.3, -0.25) is 4.90 Å². The Kier molecular flexibility index (Phi) is 7.83. The Morgan fingerprint density at radius 1 is 1.15 bits per heavy atom. The van der Waals surface area contributed by atoms with Crippen LogP contribution in [0.3, 0.4) is 0 Å². The lowest BCUT2D eigenvalue weighted by Crippen LogP contribution is -2.50.